The maximum Gasteiger partial charge on any atom is 0.408 e. The van der Waals surface area contributed by atoms with Gasteiger partial charge in [-0.15, -0.1) is 20.4 Å². The van der Waals surface area contributed by atoms with Gasteiger partial charge in [0.1, 0.15) is 40.5 Å². The number of amides is 5. The third-order valence-corrected chi connectivity index (χ3v) is 20.4. The molecule has 13 N–H and O–H groups in total. The highest BCUT2D eigenvalue weighted by Gasteiger charge is 2.33. The predicted octanol–water partition coefficient (Wildman–Crippen LogP) is 4.74. The summed E-state index contributed by atoms with van der Waals surface area (Å²) in [6, 6.07) is -2.96. The van der Waals surface area contributed by atoms with Crippen molar-refractivity contribution in [3.8, 4) is 0 Å². The number of esters is 2. The van der Waals surface area contributed by atoms with Gasteiger partial charge in [-0.25, -0.2) is 45.7 Å². The van der Waals surface area contributed by atoms with Crippen LogP contribution in [-0.4, -0.2) is 332 Å². The molecule has 0 aromatic carbocycles. The van der Waals surface area contributed by atoms with Gasteiger partial charge in [-0.1, -0.05) is 39.5 Å². The fourth-order valence-corrected chi connectivity index (χ4v) is 13.3. The fraction of sp³-hybridized carbons (Fsp3) is 0.849. The standard InChI is InChI=1S/C18H31N5O3S.C13H23N5OS.C13H24N2O5.C12H24N4O4.C9H17NO5.C4H7Br.C4H9NO.H2N2.H2/c1-18(2,3)26-17(24)19-14(11-23-7-9-25-10-8-23)15-20-21-16(22(15)4)27-12-13-5-6-13;1-17-12(11(14)8-18-4-6-19-7-5-18)15-16-13(17)20-9-10-2-3-10;1-13(2,3)20-12(17)14-10(11(16)18-4)9-15-5-7-19-8-6-15;1-12(2,3)20-11(18)14-9(10(17)15-13)8-16-4-6-19-7-5-16;1-9(2,3)15-8(13)10-6(5-11)7(12)14-4;5-3-4-1-2-4;1-3-6-4-2-5-1;1-2;/h13-14H,5-12H2,1-4H3,(H,19,24);10-11H,2-9,14H2,1H3;10H,5-9H2,1-4H3,(H,14,17);9H,4-8,13H2,1-3H3,(H,14,18)(H,15,17);6,11H,5H2,1-4H3,(H,10,13);4H,1-3H2;5H,1-4H2;1-2H;1H/t14-;11-;10-;9-;6-;;;;/m00000..../s1. The normalized spacial score (nSPS) is 18.8. The minimum atomic E-state index is -1.09. The highest BCUT2D eigenvalue weighted by Crippen LogP contribution is 2.36. The largest absolute Gasteiger partial charge is 0.467 e. The second kappa shape index (κ2) is 55.0. The number of aromatic nitrogens is 6. The molecule has 0 radical (unpaired) electrons. The Labute approximate surface area is 697 Å². The molecular weight excluding hydrogens is 1600 g/mol. The van der Waals surface area contributed by atoms with Gasteiger partial charge in [0.15, 0.2) is 28.0 Å². The molecule has 0 unspecified atom stereocenters. The number of carbonyl (C=O) groups excluding carboxylic acids is 7. The van der Waals surface area contributed by atoms with E-state index >= 15 is 0 Å². The van der Waals surface area contributed by atoms with Gasteiger partial charge in [0, 0.05) is 124 Å². The topological polar surface area (TPSA) is 488 Å². The summed E-state index contributed by atoms with van der Waals surface area (Å²) in [4.78, 5) is 90.2. The molecule has 7 heterocycles. The SMILES string of the molecule is BrCC1CC1.C1COCCN1.CC(C)(C)OC(=O)N[C@@H](CN1CCOCC1)C(=O)NN.COC(=O)[C@H](CN1CCOCC1)NC(=O)OC(C)(C)C.COC(=O)[C@H](CO)NC(=O)OC(C)(C)C.Cn1c(SCC2CC2)nnc1[C@@H](N)CN1CCOCC1.Cn1c(SCC2CC2)nnc1[C@H](CN1CCOCC1)NC(=O)OC(C)(C)C.N=N.[HH]. The Bertz CT molecular complexity index is 3020. The van der Waals surface area contributed by atoms with E-state index in [4.69, 9.17) is 75.1 Å². The molecule has 10 rings (SSSR count). The summed E-state index contributed by atoms with van der Waals surface area (Å²) in [5.41, 5.74) is 15.9. The molecule has 8 aliphatic rings. The van der Waals surface area contributed by atoms with Crippen molar-refractivity contribution in [2.75, 3.05) is 195 Å². The van der Waals surface area contributed by atoms with Crippen LogP contribution in [0.15, 0.2) is 10.3 Å². The predicted molar refractivity (Wildman–Crippen MR) is 438 cm³/mol. The number of nitrogens with two attached hydrogens (primary N) is 2. The van der Waals surface area contributed by atoms with Crippen molar-refractivity contribution in [2.45, 2.75) is 185 Å². The number of hydrogen-bond acceptors (Lipinski definition) is 34. The molecule has 3 aliphatic carbocycles. The Morgan fingerprint density at radius 1 is 0.504 bits per heavy atom. The first-order valence-electron chi connectivity index (χ1n) is 39.3. The number of rotatable bonds is 25. The molecule has 664 valence electrons. The third kappa shape index (κ3) is 48.0. The van der Waals surface area contributed by atoms with E-state index in [9.17, 15) is 33.6 Å². The highest BCUT2D eigenvalue weighted by atomic mass is 79.9. The first-order valence-corrected chi connectivity index (χ1v) is 42.4. The summed E-state index contributed by atoms with van der Waals surface area (Å²) in [6.07, 6.45) is 5.83. The number of hydrazine groups is 1. The number of carbonyl (C=O) groups is 7. The van der Waals surface area contributed by atoms with Gasteiger partial charge < -0.3 is 98.7 Å². The maximum atomic E-state index is 12.4. The van der Waals surface area contributed by atoms with Crippen LogP contribution in [0.5, 0.6) is 0 Å². The zero-order chi connectivity index (χ0) is 85.7. The highest BCUT2D eigenvalue weighted by molar-refractivity contribution is 9.09. The molecule has 8 fully saturated rings. The molecule has 5 amide bonds. The van der Waals surface area contributed by atoms with Crippen molar-refractivity contribution < 1.29 is 92.2 Å². The second-order valence-corrected chi connectivity index (χ2v) is 34.7. The van der Waals surface area contributed by atoms with Crippen LogP contribution in [0.25, 0.3) is 0 Å². The Morgan fingerprint density at radius 2 is 0.826 bits per heavy atom. The van der Waals surface area contributed by atoms with Gasteiger partial charge in [-0.2, -0.15) is 0 Å². The summed E-state index contributed by atoms with van der Waals surface area (Å²) in [5.74, 6) is 10.1. The van der Waals surface area contributed by atoms with Gasteiger partial charge >= 0.3 is 36.3 Å². The van der Waals surface area contributed by atoms with Crippen molar-refractivity contribution in [1.29, 1.82) is 11.1 Å². The molecular formula is C73H139BrN20O19S2. The van der Waals surface area contributed by atoms with Crippen LogP contribution in [0, 0.1) is 28.8 Å². The lowest BCUT2D eigenvalue weighted by atomic mass is 10.2. The van der Waals surface area contributed by atoms with Gasteiger partial charge in [0.2, 0.25) is 0 Å². The quantitative estimate of drug-likeness (QED) is 0.00935. The molecule has 2 aromatic heterocycles. The lowest BCUT2D eigenvalue weighted by Crippen LogP contribution is -2.56. The Hall–Kier alpha value is -5.97. The molecule has 0 spiro atoms. The molecule has 5 saturated heterocycles. The number of alkyl halides is 1. The Kier molecular flexibility index (Phi) is 49.3. The number of aliphatic hydroxyl groups is 1. The number of halogens is 1. The lowest BCUT2D eigenvalue weighted by Gasteiger charge is -2.31. The van der Waals surface area contributed by atoms with Crippen molar-refractivity contribution in [3.05, 3.63) is 11.6 Å². The number of methoxy groups -OCH3 is 2. The number of thioether (sulfide) groups is 2. The van der Waals surface area contributed by atoms with E-state index in [1.54, 1.807) is 85.8 Å². The van der Waals surface area contributed by atoms with E-state index < -0.39 is 89.4 Å². The maximum absolute atomic E-state index is 12.4. The average molecular weight is 1750 g/mol. The zero-order valence-electron chi connectivity index (χ0n) is 70.8. The van der Waals surface area contributed by atoms with Crippen molar-refractivity contribution in [1.82, 2.24) is 81.1 Å². The van der Waals surface area contributed by atoms with E-state index in [1.807, 2.05) is 49.2 Å². The number of ether oxygens (including phenoxy) is 11. The smallest absolute Gasteiger partial charge is 0.408 e. The number of aliphatic hydroxyl groups excluding tert-OH is 1. The second-order valence-electron chi connectivity index (χ2n) is 32.1. The van der Waals surface area contributed by atoms with E-state index in [0.29, 0.717) is 72.4 Å². The lowest BCUT2D eigenvalue weighted by molar-refractivity contribution is -0.144. The summed E-state index contributed by atoms with van der Waals surface area (Å²) in [7, 11) is 6.45. The first kappa shape index (κ1) is 103. The van der Waals surface area contributed by atoms with Crippen LogP contribution in [0.1, 0.15) is 147 Å². The summed E-state index contributed by atoms with van der Waals surface area (Å²) in [5, 5.41) is 42.7. The van der Waals surface area contributed by atoms with E-state index in [2.05, 4.69) is 87.4 Å². The number of nitrogens with one attached hydrogen (secondary N) is 8. The molecule has 3 saturated carbocycles. The minimum absolute atomic E-state index is 0. The zero-order valence-corrected chi connectivity index (χ0v) is 74.0. The van der Waals surface area contributed by atoms with Crippen LogP contribution in [0.4, 0.5) is 19.2 Å². The number of alkyl carbamates (subject to hydrolysis) is 4. The van der Waals surface area contributed by atoms with Crippen molar-refractivity contribution >= 4 is 81.7 Å². The number of morpholine rings is 5. The van der Waals surface area contributed by atoms with Crippen LogP contribution in [-0.2, 0) is 80.6 Å². The molecule has 115 heavy (non-hydrogen) atoms. The van der Waals surface area contributed by atoms with E-state index in [-0.39, 0.29) is 13.5 Å². The van der Waals surface area contributed by atoms with E-state index in [0.717, 1.165) is 137 Å². The molecule has 2 aromatic rings. The molecule has 39 nitrogen and oxygen atoms in total. The Morgan fingerprint density at radius 3 is 1.15 bits per heavy atom. The summed E-state index contributed by atoms with van der Waals surface area (Å²) < 4.78 is 60.0. The van der Waals surface area contributed by atoms with Crippen molar-refractivity contribution in [3.63, 3.8) is 0 Å². The third-order valence-electron chi connectivity index (χ3n) is 17.0. The fourth-order valence-electron chi connectivity index (χ4n) is 10.5. The molecule has 42 heteroatoms. The van der Waals surface area contributed by atoms with Crippen LogP contribution >= 0.6 is 39.5 Å². The van der Waals surface area contributed by atoms with Gasteiger partial charge in [0.25, 0.3) is 5.91 Å². The molecule has 5 aliphatic heterocycles. The monoisotopic (exact) mass is 1740 g/mol. The molecule has 5 atom stereocenters. The summed E-state index contributed by atoms with van der Waals surface area (Å²) in [6.45, 7) is 38.7. The van der Waals surface area contributed by atoms with Crippen LogP contribution in [0.3, 0.4) is 0 Å². The van der Waals surface area contributed by atoms with Gasteiger partial charge in [-0.3, -0.25) is 29.8 Å². The van der Waals surface area contributed by atoms with Gasteiger partial charge in [-0.05, 0) is 139 Å². The average Bonchev–Trinajstić information content (AvgIpc) is 1.67. The van der Waals surface area contributed by atoms with Crippen LogP contribution in [0.2, 0.25) is 0 Å². The number of hydrogen-bond donors (Lipinski definition) is 11. The van der Waals surface area contributed by atoms with Gasteiger partial charge in [0.05, 0.1) is 92.9 Å². The minimum Gasteiger partial charge on any atom is -0.467 e. The van der Waals surface area contributed by atoms with Crippen LogP contribution < -0.4 is 43.6 Å². The number of nitrogens with zero attached hydrogens (tertiary/aromatic N) is 10. The first-order chi connectivity index (χ1) is 54.4. The summed E-state index contributed by atoms with van der Waals surface area (Å²) >= 11 is 6.92. The van der Waals surface area contributed by atoms with Crippen molar-refractivity contribution in [2.24, 2.45) is 43.4 Å². The molecule has 0 bridgehead atoms. The Balaban J connectivity index is 0.000000475. The van der Waals surface area contributed by atoms with E-state index in [1.165, 1.54) is 58.1 Å².